The molecule has 8 nitrogen and oxygen atoms in total. The van der Waals surface area contributed by atoms with E-state index < -0.39 is 23.4 Å². The van der Waals surface area contributed by atoms with Gasteiger partial charge in [0.1, 0.15) is 29.9 Å². The van der Waals surface area contributed by atoms with Gasteiger partial charge in [0.15, 0.2) is 0 Å². The predicted octanol–water partition coefficient (Wildman–Crippen LogP) is 6.38. The van der Waals surface area contributed by atoms with E-state index in [1.807, 2.05) is 10.6 Å². The maximum absolute atomic E-state index is 15.6. The van der Waals surface area contributed by atoms with E-state index in [9.17, 15) is 9.18 Å². The van der Waals surface area contributed by atoms with Crippen molar-refractivity contribution in [2.45, 2.75) is 26.5 Å². The Bertz CT molecular complexity index is 1980. The molecule has 0 unspecified atom stereocenters. The number of fused-ring (bicyclic) bond motifs is 1. The number of aromatic nitrogens is 3. The third kappa shape index (κ3) is 6.10. The van der Waals surface area contributed by atoms with E-state index in [1.54, 1.807) is 24.3 Å². The van der Waals surface area contributed by atoms with Gasteiger partial charge in [-0.15, -0.1) is 0 Å². The van der Waals surface area contributed by atoms with Crippen molar-refractivity contribution in [3.05, 3.63) is 112 Å². The fourth-order valence-electron chi connectivity index (χ4n) is 5.27. The molecule has 1 fully saturated rings. The molecule has 0 aliphatic carbocycles. The highest BCUT2D eigenvalue weighted by atomic mass is 19.1. The average molecular weight is 613 g/mol. The molecule has 1 saturated heterocycles. The van der Waals surface area contributed by atoms with Crippen molar-refractivity contribution < 1.29 is 32.2 Å². The standard InChI is InChI=1S/C34H27F3N4O4/c1-34(18-44-19-34)17-41-30-12-21(33(42)43-2)8-9-29(30)39-31(41)13-23-11-27(37)24(14-26(23)36)28-4-3-5-32(40-28)45-16-22-7-6-20(15-38)10-25(22)35/h3-12,14H,13,16-19H2,1-2H3. The van der Waals surface area contributed by atoms with Gasteiger partial charge in [0.25, 0.3) is 0 Å². The number of esters is 1. The van der Waals surface area contributed by atoms with Gasteiger partial charge < -0.3 is 18.8 Å². The monoisotopic (exact) mass is 612 g/mol. The molecule has 2 aromatic heterocycles. The first-order chi connectivity index (χ1) is 21.7. The second kappa shape index (κ2) is 12.1. The quantitative estimate of drug-likeness (QED) is 0.178. The third-order valence-electron chi connectivity index (χ3n) is 7.73. The van der Waals surface area contributed by atoms with Crippen LogP contribution in [0, 0.1) is 34.2 Å². The molecular formula is C34H27F3N4O4. The van der Waals surface area contributed by atoms with Gasteiger partial charge in [-0.2, -0.15) is 5.26 Å². The van der Waals surface area contributed by atoms with E-state index in [0.717, 1.165) is 18.2 Å². The summed E-state index contributed by atoms with van der Waals surface area (Å²) < 4.78 is 63.2. The first-order valence-electron chi connectivity index (χ1n) is 14.1. The minimum atomic E-state index is -0.691. The Labute approximate surface area is 256 Å². The number of carbonyl (C=O) groups excluding carboxylic acids is 1. The lowest BCUT2D eigenvalue weighted by Gasteiger charge is -2.38. The molecule has 0 N–H and O–H groups in total. The summed E-state index contributed by atoms with van der Waals surface area (Å²) in [5.74, 6) is -1.82. The number of ether oxygens (including phenoxy) is 3. The fourth-order valence-corrected chi connectivity index (χ4v) is 5.27. The van der Waals surface area contributed by atoms with Crippen molar-refractivity contribution in [1.29, 1.82) is 5.26 Å². The number of benzene rings is 3. The van der Waals surface area contributed by atoms with E-state index in [2.05, 4.69) is 11.9 Å². The van der Waals surface area contributed by atoms with Crippen LogP contribution in [-0.2, 0) is 29.0 Å². The van der Waals surface area contributed by atoms with E-state index in [4.69, 9.17) is 24.5 Å². The minimum Gasteiger partial charge on any atom is -0.473 e. The molecule has 0 bridgehead atoms. The van der Waals surface area contributed by atoms with Crippen LogP contribution in [0.1, 0.15) is 39.8 Å². The van der Waals surface area contributed by atoms with Crippen LogP contribution in [0.4, 0.5) is 13.2 Å². The van der Waals surface area contributed by atoms with Crippen molar-refractivity contribution in [2.24, 2.45) is 5.41 Å². The zero-order valence-electron chi connectivity index (χ0n) is 24.4. The highest BCUT2D eigenvalue weighted by Gasteiger charge is 2.35. The van der Waals surface area contributed by atoms with Crippen molar-refractivity contribution in [2.75, 3.05) is 20.3 Å². The molecule has 45 heavy (non-hydrogen) atoms. The molecule has 0 atom stereocenters. The minimum absolute atomic E-state index is 0.00502. The number of rotatable bonds is 9. The number of hydrogen-bond donors (Lipinski definition) is 0. The number of methoxy groups -OCH3 is 1. The SMILES string of the molecule is COC(=O)c1ccc2nc(Cc3cc(F)c(-c4cccc(OCc5ccc(C#N)cc5F)n4)cc3F)n(CC3(C)COC3)c2c1. The molecule has 0 spiro atoms. The topological polar surface area (TPSA) is 99.3 Å². The zero-order chi connectivity index (χ0) is 31.7. The van der Waals surface area contributed by atoms with Crippen molar-refractivity contribution in [1.82, 2.24) is 14.5 Å². The molecule has 3 aromatic carbocycles. The normalized spacial score (nSPS) is 13.7. The number of hydrogen-bond acceptors (Lipinski definition) is 7. The molecule has 3 heterocycles. The van der Waals surface area contributed by atoms with Crippen molar-refractivity contribution >= 4 is 17.0 Å². The molecule has 11 heteroatoms. The fraction of sp³-hybridized carbons (Fsp3) is 0.235. The average Bonchev–Trinajstić information content (AvgIpc) is 3.36. The summed E-state index contributed by atoms with van der Waals surface area (Å²) in [5.41, 5.74) is 2.04. The Balaban J connectivity index is 1.27. The number of imidazole rings is 1. The largest absolute Gasteiger partial charge is 0.473 e. The van der Waals surface area contributed by atoms with Gasteiger partial charge >= 0.3 is 5.97 Å². The molecule has 5 aromatic rings. The Morgan fingerprint density at radius 3 is 2.51 bits per heavy atom. The summed E-state index contributed by atoms with van der Waals surface area (Å²) in [5, 5.41) is 8.92. The molecular weight excluding hydrogens is 585 g/mol. The summed E-state index contributed by atoms with van der Waals surface area (Å²) in [6, 6.07) is 17.7. The second-order valence-corrected chi connectivity index (χ2v) is 11.3. The number of nitrogens with zero attached hydrogens (tertiary/aromatic N) is 4. The summed E-state index contributed by atoms with van der Waals surface area (Å²) in [7, 11) is 1.31. The maximum Gasteiger partial charge on any atom is 0.337 e. The van der Waals surface area contributed by atoms with Crippen LogP contribution in [0.25, 0.3) is 22.3 Å². The van der Waals surface area contributed by atoms with Crippen LogP contribution < -0.4 is 4.74 Å². The summed E-state index contributed by atoms with van der Waals surface area (Å²) in [6.07, 6.45) is -0.00502. The lowest BCUT2D eigenvalue weighted by atomic mass is 9.88. The van der Waals surface area contributed by atoms with Crippen LogP contribution >= 0.6 is 0 Å². The summed E-state index contributed by atoms with van der Waals surface area (Å²) >= 11 is 0. The Morgan fingerprint density at radius 2 is 1.80 bits per heavy atom. The third-order valence-corrected chi connectivity index (χ3v) is 7.73. The van der Waals surface area contributed by atoms with Crippen LogP contribution in [0.5, 0.6) is 5.88 Å². The number of halogens is 3. The first kappa shape index (κ1) is 29.8. The summed E-state index contributed by atoms with van der Waals surface area (Å²) in [6.45, 7) is 3.49. The molecule has 228 valence electrons. The number of carbonyl (C=O) groups is 1. The highest BCUT2D eigenvalue weighted by molar-refractivity contribution is 5.93. The molecule has 0 amide bonds. The first-order valence-corrected chi connectivity index (χ1v) is 14.1. The van der Waals surface area contributed by atoms with Gasteiger partial charge in [0.2, 0.25) is 5.88 Å². The van der Waals surface area contributed by atoms with Crippen LogP contribution in [-0.4, -0.2) is 40.8 Å². The smallest absolute Gasteiger partial charge is 0.337 e. The maximum atomic E-state index is 15.6. The molecule has 0 saturated carbocycles. The van der Waals surface area contributed by atoms with Gasteiger partial charge in [-0.1, -0.05) is 19.1 Å². The number of pyridine rings is 1. The van der Waals surface area contributed by atoms with Gasteiger partial charge in [-0.3, -0.25) is 0 Å². The summed E-state index contributed by atoms with van der Waals surface area (Å²) in [4.78, 5) is 21.2. The Morgan fingerprint density at radius 1 is 1.00 bits per heavy atom. The van der Waals surface area contributed by atoms with Crippen molar-refractivity contribution in [3.63, 3.8) is 0 Å². The van der Waals surface area contributed by atoms with E-state index in [-0.39, 0.29) is 52.3 Å². The Kier molecular flexibility index (Phi) is 7.99. The van der Waals surface area contributed by atoms with E-state index in [1.165, 1.54) is 31.4 Å². The van der Waals surface area contributed by atoms with Gasteiger partial charge in [-0.25, -0.2) is 27.9 Å². The second-order valence-electron chi connectivity index (χ2n) is 11.3. The van der Waals surface area contributed by atoms with E-state index >= 15 is 8.78 Å². The highest BCUT2D eigenvalue weighted by Crippen LogP contribution is 2.33. The van der Waals surface area contributed by atoms with Crippen LogP contribution in [0.2, 0.25) is 0 Å². The van der Waals surface area contributed by atoms with Crippen LogP contribution in [0.3, 0.4) is 0 Å². The molecule has 6 rings (SSSR count). The van der Waals surface area contributed by atoms with Crippen LogP contribution in [0.15, 0.2) is 66.7 Å². The Hall–Kier alpha value is -5.21. The molecule has 1 aliphatic rings. The molecule has 0 radical (unpaired) electrons. The van der Waals surface area contributed by atoms with Crippen molar-refractivity contribution in [3.8, 4) is 23.2 Å². The van der Waals surface area contributed by atoms with Gasteiger partial charge in [0.05, 0.1) is 54.2 Å². The zero-order valence-corrected chi connectivity index (χ0v) is 24.4. The van der Waals surface area contributed by atoms with E-state index in [0.29, 0.717) is 42.2 Å². The lowest BCUT2D eigenvalue weighted by molar-refractivity contribution is -0.109. The predicted molar refractivity (Wildman–Crippen MR) is 158 cm³/mol. The lowest BCUT2D eigenvalue weighted by Crippen LogP contribution is -2.43. The van der Waals surface area contributed by atoms with Gasteiger partial charge in [-0.05, 0) is 54.1 Å². The number of nitriles is 1. The molecule has 1 aliphatic heterocycles. The van der Waals surface area contributed by atoms with Gasteiger partial charge in [0, 0.05) is 35.6 Å².